The fourth-order valence-electron chi connectivity index (χ4n) is 1.93. The molecule has 0 amide bonds. The maximum absolute atomic E-state index is 12.0. The average Bonchev–Trinajstić information content (AvgIpc) is 2.56. The first-order valence-electron chi connectivity index (χ1n) is 7.05. The molecule has 2 aromatic carbocycles. The summed E-state index contributed by atoms with van der Waals surface area (Å²) < 4.78 is 53.3. The summed E-state index contributed by atoms with van der Waals surface area (Å²) in [6.45, 7) is -0.0803. The number of hydrogen-bond acceptors (Lipinski definition) is 5. The molecule has 0 saturated heterocycles. The lowest BCUT2D eigenvalue weighted by atomic mass is 10.4. The number of rotatable bonds is 8. The minimum Gasteiger partial charge on any atom is -0.379 e. The zero-order valence-corrected chi connectivity index (χ0v) is 14.1. The van der Waals surface area contributed by atoms with Crippen LogP contribution in [0.2, 0.25) is 0 Å². The van der Waals surface area contributed by atoms with E-state index in [0.717, 1.165) is 0 Å². The van der Waals surface area contributed by atoms with E-state index in [4.69, 9.17) is 4.74 Å². The van der Waals surface area contributed by atoms with Crippen molar-refractivity contribution in [3.8, 4) is 0 Å². The largest absolute Gasteiger partial charge is 0.379 e. The number of sulfone groups is 2. The van der Waals surface area contributed by atoms with Crippen molar-refractivity contribution in [2.75, 3.05) is 24.7 Å². The van der Waals surface area contributed by atoms with Crippen molar-refractivity contribution in [3.05, 3.63) is 60.7 Å². The van der Waals surface area contributed by atoms with Gasteiger partial charge < -0.3 is 4.74 Å². The van der Waals surface area contributed by atoms with Crippen molar-refractivity contribution >= 4 is 19.7 Å². The highest BCUT2D eigenvalue weighted by atomic mass is 32.2. The molecular formula is C16H18O5S2. The van der Waals surface area contributed by atoms with E-state index in [9.17, 15) is 16.8 Å². The molecule has 2 rings (SSSR count). The van der Waals surface area contributed by atoms with Gasteiger partial charge in [0, 0.05) is 0 Å². The summed E-state index contributed by atoms with van der Waals surface area (Å²) in [5.41, 5.74) is 0. The molecule has 7 heteroatoms. The number of benzene rings is 2. The van der Waals surface area contributed by atoms with Gasteiger partial charge in [0.25, 0.3) is 0 Å². The zero-order valence-electron chi connectivity index (χ0n) is 12.5. The summed E-state index contributed by atoms with van der Waals surface area (Å²) in [6, 6.07) is 16.2. The first-order valence-corrected chi connectivity index (χ1v) is 10.4. The second-order valence-electron chi connectivity index (χ2n) is 4.88. The van der Waals surface area contributed by atoms with Gasteiger partial charge in [0.2, 0.25) is 0 Å². The summed E-state index contributed by atoms with van der Waals surface area (Å²) >= 11 is 0. The summed E-state index contributed by atoms with van der Waals surface area (Å²) in [4.78, 5) is 0.473. The fourth-order valence-corrected chi connectivity index (χ4v) is 4.22. The highest BCUT2D eigenvalue weighted by Gasteiger charge is 2.15. The lowest BCUT2D eigenvalue weighted by Crippen LogP contribution is -2.17. The van der Waals surface area contributed by atoms with Crippen LogP contribution in [0.4, 0.5) is 0 Å². The third-order valence-corrected chi connectivity index (χ3v) is 6.59. The Hall–Kier alpha value is -1.70. The Morgan fingerprint density at radius 2 is 0.957 bits per heavy atom. The van der Waals surface area contributed by atoms with E-state index in [1.165, 1.54) is 24.3 Å². The Morgan fingerprint density at radius 3 is 1.30 bits per heavy atom. The number of ether oxygens (including phenoxy) is 1. The molecule has 2 aromatic rings. The average molecular weight is 354 g/mol. The Labute approximate surface area is 136 Å². The van der Waals surface area contributed by atoms with Crippen LogP contribution in [0.5, 0.6) is 0 Å². The quantitative estimate of drug-likeness (QED) is 0.677. The van der Waals surface area contributed by atoms with E-state index in [1.54, 1.807) is 36.4 Å². The Morgan fingerprint density at radius 1 is 0.609 bits per heavy atom. The van der Waals surface area contributed by atoms with Crippen molar-refractivity contribution in [1.82, 2.24) is 0 Å². The van der Waals surface area contributed by atoms with Crippen LogP contribution in [0.15, 0.2) is 70.5 Å². The molecule has 0 bridgehead atoms. The molecule has 0 heterocycles. The van der Waals surface area contributed by atoms with Crippen LogP contribution in [0, 0.1) is 0 Å². The Bertz CT molecular complexity index is 742. The molecule has 0 N–H and O–H groups in total. The normalized spacial score (nSPS) is 12.2. The fraction of sp³-hybridized carbons (Fsp3) is 0.250. The van der Waals surface area contributed by atoms with Gasteiger partial charge in [0.15, 0.2) is 19.7 Å². The summed E-state index contributed by atoms with van der Waals surface area (Å²) in [5.74, 6) is -0.356. The monoisotopic (exact) mass is 354 g/mol. The van der Waals surface area contributed by atoms with E-state index >= 15 is 0 Å². The van der Waals surface area contributed by atoms with E-state index in [0.29, 0.717) is 0 Å². The minimum absolute atomic E-state index is 0.0401. The van der Waals surface area contributed by atoms with Crippen molar-refractivity contribution in [1.29, 1.82) is 0 Å². The third-order valence-electron chi connectivity index (χ3n) is 3.20. The van der Waals surface area contributed by atoms with Gasteiger partial charge in [-0.15, -0.1) is 0 Å². The van der Waals surface area contributed by atoms with Crippen molar-refractivity contribution < 1.29 is 21.6 Å². The molecule has 0 aliphatic carbocycles. The Balaban J connectivity index is 1.80. The zero-order chi connectivity index (χ0) is 16.8. The molecular weight excluding hydrogens is 336 g/mol. The van der Waals surface area contributed by atoms with Crippen molar-refractivity contribution in [2.24, 2.45) is 0 Å². The minimum atomic E-state index is -3.40. The third kappa shape index (κ3) is 5.16. The van der Waals surface area contributed by atoms with Gasteiger partial charge in [-0.3, -0.25) is 0 Å². The highest BCUT2D eigenvalue weighted by molar-refractivity contribution is 7.91. The summed E-state index contributed by atoms with van der Waals surface area (Å²) in [7, 11) is -6.81. The van der Waals surface area contributed by atoms with Gasteiger partial charge in [-0.25, -0.2) is 16.8 Å². The lowest BCUT2D eigenvalue weighted by Gasteiger charge is -2.07. The molecule has 0 aliphatic rings. The lowest BCUT2D eigenvalue weighted by molar-refractivity contribution is 0.165. The maximum Gasteiger partial charge on any atom is 0.180 e. The van der Waals surface area contributed by atoms with Crippen molar-refractivity contribution in [2.45, 2.75) is 9.79 Å². The smallest absolute Gasteiger partial charge is 0.180 e. The Kier molecular flexibility index (Phi) is 5.92. The molecule has 0 radical (unpaired) electrons. The predicted octanol–water partition coefficient (Wildman–Crippen LogP) is 1.95. The van der Waals surface area contributed by atoms with Crippen LogP contribution in [-0.4, -0.2) is 41.6 Å². The van der Waals surface area contributed by atoms with Crippen LogP contribution in [0.3, 0.4) is 0 Å². The van der Waals surface area contributed by atoms with Crippen LogP contribution in [0.1, 0.15) is 0 Å². The van der Waals surface area contributed by atoms with E-state index in [2.05, 4.69) is 0 Å². The van der Waals surface area contributed by atoms with Crippen LogP contribution in [-0.2, 0) is 24.4 Å². The second kappa shape index (κ2) is 7.72. The van der Waals surface area contributed by atoms with E-state index in [-0.39, 0.29) is 34.5 Å². The predicted molar refractivity (Wildman–Crippen MR) is 87.8 cm³/mol. The van der Waals surface area contributed by atoms with Crippen LogP contribution < -0.4 is 0 Å². The van der Waals surface area contributed by atoms with Crippen LogP contribution in [0.25, 0.3) is 0 Å². The summed E-state index contributed by atoms with van der Waals surface area (Å²) in [6.07, 6.45) is 0. The van der Waals surface area contributed by atoms with Crippen molar-refractivity contribution in [3.63, 3.8) is 0 Å². The van der Waals surface area contributed by atoms with E-state index in [1.807, 2.05) is 0 Å². The SMILES string of the molecule is O=S(=O)(CCOCCS(=O)(=O)c1ccccc1)c1ccccc1. The van der Waals surface area contributed by atoms with E-state index < -0.39 is 19.7 Å². The second-order valence-corrected chi connectivity index (χ2v) is 9.09. The van der Waals surface area contributed by atoms with Gasteiger partial charge >= 0.3 is 0 Å². The molecule has 0 saturated carbocycles. The standard InChI is InChI=1S/C16H18O5S2/c17-22(18,15-7-3-1-4-8-15)13-11-21-12-14-23(19,20)16-9-5-2-6-10-16/h1-10H,11-14H2. The molecule has 0 atom stereocenters. The molecule has 0 aromatic heterocycles. The van der Waals surface area contributed by atoms with Gasteiger partial charge in [0.05, 0.1) is 34.5 Å². The topological polar surface area (TPSA) is 77.5 Å². The highest BCUT2D eigenvalue weighted by Crippen LogP contribution is 2.11. The first kappa shape index (κ1) is 17.7. The molecule has 0 fully saturated rings. The molecule has 0 unspecified atom stereocenters. The molecule has 0 aliphatic heterocycles. The van der Waals surface area contributed by atoms with Gasteiger partial charge in [-0.05, 0) is 24.3 Å². The molecule has 5 nitrogen and oxygen atoms in total. The molecule has 0 spiro atoms. The first-order chi connectivity index (χ1) is 10.9. The number of hydrogen-bond donors (Lipinski definition) is 0. The van der Waals surface area contributed by atoms with Gasteiger partial charge in [-0.1, -0.05) is 36.4 Å². The van der Waals surface area contributed by atoms with Gasteiger partial charge in [-0.2, -0.15) is 0 Å². The molecule has 124 valence electrons. The summed E-state index contributed by atoms with van der Waals surface area (Å²) in [5, 5.41) is 0. The van der Waals surface area contributed by atoms with Gasteiger partial charge in [0.1, 0.15) is 0 Å². The maximum atomic E-state index is 12.0. The van der Waals surface area contributed by atoms with Crippen LogP contribution >= 0.6 is 0 Å². The molecule has 23 heavy (non-hydrogen) atoms.